The number of amides is 1. The van der Waals surface area contributed by atoms with E-state index in [0.717, 1.165) is 10.9 Å². The molecule has 0 spiro atoms. The topological polar surface area (TPSA) is 55.1 Å². The smallest absolute Gasteiger partial charge is 0.226 e. The van der Waals surface area contributed by atoms with Gasteiger partial charge in [-0.15, -0.1) is 0 Å². The first-order valence-electron chi connectivity index (χ1n) is 6.28. The quantitative estimate of drug-likeness (QED) is 0.783. The van der Waals surface area contributed by atoms with Crippen LogP contribution in [0.4, 0.5) is 5.69 Å². The van der Waals surface area contributed by atoms with Gasteiger partial charge in [-0.05, 0) is 24.0 Å². The zero-order chi connectivity index (χ0) is 15.5. The van der Waals surface area contributed by atoms with Crippen molar-refractivity contribution in [2.75, 3.05) is 5.32 Å². The van der Waals surface area contributed by atoms with Gasteiger partial charge in [0.1, 0.15) is 0 Å². The lowest BCUT2D eigenvalue weighted by molar-refractivity contribution is -0.116. The maximum Gasteiger partial charge on any atom is 0.226 e. The third kappa shape index (κ3) is 6.00. The van der Waals surface area contributed by atoms with Crippen molar-refractivity contribution in [3.63, 3.8) is 0 Å². The number of rotatable bonds is 4. The zero-order valence-electron chi connectivity index (χ0n) is 11.8. The van der Waals surface area contributed by atoms with Gasteiger partial charge in [0.05, 0.1) is 15.7 Å². The minimum atomic E-state index is -0.192. The van der Waals surface area contributed by atoms with E-state index in [0.29, 0.717) is 15.7 Å². The van der Waals surface area contributed by atoms with E-state index in [9.17, 15) is 4.79 Å². The molecule has 1 unspecified atom stereocenters. The van der Waals surface area contributed by atoms with Crippen LogP contribution in [0.3, 0.4) is 0 Å². The van der Waals surface area contributed by atoms with E-state index in [2.05, 4.69) is 42.0 Å². The van der Waals surface area contributed by atoms with Gasteiger partial charge in [0, 0.05) is 16.9 Å². The third-order valence-electron chi connectivity index (χ3n) is 2.59. The first-order valence-corrected chi connectivity index (χ1v) is 7.83. The lowest BCUT2D eigenvalue weighted by atomic mass is 9.87. The Bertz CT molecular complexity index is 477. The summed E-state index contributed by atoms with van der Waals surface area (Å²) < 4.78 is 0.759. The first kappa shape index (κ1) is 17.8. The summed E-state index contributed by atoms with van der Waals surface area (Å²) >= 11 is 15.4. The Kier molecular flexibility index (Phi) is 6.32. The average Bonchev–Trinajstić information content (AvgIpc) is 2.20. The van der Waals surface area contributed by atoms with E-state index in [1.165, 1.54) is 0 Å². The molecule has 3 nitrogen and oxygen atoms in total. The van der Waals surface area contributed by atoms with Gasteiger partial charge < -0.3 is 11.1 Å². The van der Waals surface area contributed by atoms with Crippen LogP contribution in [0, 0.1) is 5.41 Å². The number of nitrogens with two attached hydrogens (primary N) is 1. The summed E-state index contributed by atoms with van der Waals surface area (Å²) in [5.74, 6) is -0.187. The molecule has 0 aromatic heterocycles. The van der Waals surface area contributed by atoms with Gasteiger partial charge in [-0.3, -0.25) is 4.79 Å². The minimum Gasteiger partial charge on any atom is -0.327 e. The van der Waals surface area contributed by atoms with Crippen molar-refractivity contribution < 1.29 is 4.79 Å². The van der Waals surface area contributed by atoms with Crippen LogP contribution in [0.2, 0.25) is 10.0 Å². The van der Waals surface area contributed by atoms with Crippen LogP contribution < -0.4 is 11.1 Å². The molecule has 1 aromatic rings. The number of anilines is 1. The second-order valence-corrected chi connectivity index (χ2v) is 7.75. The maximum absolute atomic E-state index is 12.0. The van der Waals surface area contributed by atoms with Gasteiger partial charge in [0.15, 0.2) is 0 Å². The molecule has 0 aliphatic carbocycles. The maximum atomic E-state index is 12.0. The number of carbonyl (C=O) groups excluding carboxylic acids is 1. The number of benzene rings is 1. The van der Waals surface area contributed by atoms with Crippen LogP contribution in [0.25, 0.3) is 0 Å². The summed E-state index contributed by atoms with van der Waals surface area (Å²) in [6.07, 6.45) is 1.00. The molecule has 0 radical (unpaired) electrons. The highest BCUT2D eigenvalue weighted by atomic mass is 79.9. The summed E-state index contributed by atoms with van der Waals surface area (Å²) in [4.78, 5) is 12.0. The van der Waals surface area contributed by atoms with Crippen molar-refractivity contribution in [2.45, 2.75) is 39.7 Å². The molecule has 0 heterocycles. The van der Waals surface area contributed by atoms with Gasteiger partial charge >= 0.3 is 0 Å². The second-order valence-electron chi connectivity index (χ2n) is 6.02. The van der Waals surface area contributed by atoms with E-state index in [4.69, 9.17) is 28.9 Å². The van der Waals surface area contributed by atoms with Crippen molar-refractivity contribution in [2.24, 2.45) is 11.1 Å². The van der Waals surface area contributed by atoms with Crippen LogP contribution in [-0.2, 0) is 4.79 Å². The van der Waals surface area contributed by atoms with Crippen molar-refractivity contribution in [3.05, 3.63) is 26.7 Å². The SMILES string of the molecule is CC(C)(C)CC(N)CC(=O)Nc1c(Cl)cc(Br)cc1Cl. The Hall–Kier alpha value is -0.290. The molecular formula is C14H19BrCl2N2O. The van der Waals surface area contributed by atoms with Crippen molar-refractivity contribution >= 4 is 50.7 Å². The summed E-state index contributed by atoms with van der Waals surface area (Å²) in [6.45, 7) is 6.27. The molecular weight excluding hydrogens is 363 g/mol. The normalized spacial score (nSPS) is 13.2. The molecule has 0 aliphatic heterocycles. The standard InChI is InChI=1S/C14H19BrCl2N2O/c1-14(2,3)7-9(18)6-12(20)19-13-10(16)4-8(15)5-11(13)17/h4-5,9H,6-7,18H2,1-3H3,(H,19,20). The predicted molar refractivity (Wildman–Crippen MR) is 89.5 cm³/mol. The van der Waals surface area contributed by atoms with Gasteiger partial charge in [-0.2, -0.15) is 0 Å². The molecule has 1 amide bonds. The van der Waals surface area contributed by atoms with E-state index < -0.39 is 0 Å². The number of hydrogen-bond acceptors (Lipinski definition) is 2. The van der Waals surface area contributed by atoms with E-state index in [1.54, 1.807) is 12.1 Å². The molecule has 0 saturated heterocycles. The Morgan fingerprint density at radius 3 is 2.30 bits per heavy atom. The van der Waals surface area contributed by atoms with Gasteiger partial charge in [0.2, 0.25) is 5.91 Å². The van der Waals surface area contributed by atoms with E-state index in [1.807, 2.05) is 0 Å². The number of halogens is 3. The van der Waals surface area contributed by atoms with E-state index >= 15 is 0 Å². The molecule has 0 aliphatic rings. The highest BCUT2D eigenvalue weighted by molar-refractivity contribution is 9.10. The molecule has 1 atom stereocenters. The van der Waals surface area contributed by atoms with Crippen LogP contribution in [-0.4, -0.2) is 11.9 Å². The van der Waals surface area contributed by atoms with Gasteiger partial charge in [0.25, 0.3) is 0 Å². The molecule has 1 rings (SSSR count). The molecule has 20 heavy (non-hydrogen) atoms. The predicted octanol–water partition coefficient (Wildman–Crippen LogP) is 4.85. The molecule has 0 saturated carbocycles. The molecule has 0 fully saturated rings. The molecule has 6 heteroatoms. The van der Waals surface area contributed by atoms with Crippen LogP contribution in [0.15, 0.2) is 16.6 Å². The fourth-order valence-electron chi connectivity index (χ4n) is 1.95. The Morgan fingerprint density at radius 2 is 1.85 bits per heavy atom. The van der Waals surface area contributed by atoms with Crippen molar-refractivity contribution in [3.8, 4) is 0 Å². The molecule has 1 aromatic carbocycles. The average molecular weight is 382 g/mol. The zero-order valence-corrected chi connectivity index (χ0v) is 14.9. The van der Waals surface area contributed by atoms with Crippen molar-refractivity contribution in [1.82, 2.24) is 0 Å². The molecule has 0 bridgehead atoms. The second kappa shape index (κ2) is 7.12. The first-order chi connectivity index (χ1) is 9.08. The van der Waals surface area contributed by atoms with Gasteiger partial charge in [-0.25, -0.2) is 0 Å². The summed E-state index contributed by atoms with van der Waals surface area (Å²) in [7, 11) is 0. The minimum absolute atomic E-state index is 0.0899. The number of nitrogens with one attached hydrogen (secondary N) is 1. The van der Waals surface area contributed by atoms with Crippen LogP contribution >= 0.6 is 39.1 Å². The Balaban J connectivity index is 2.68. The van der Waals surface area contributed by atoms with Gasteiger partial charge in [-0.1, -0.05) is 59.9 Å². The summed E-state index contributed by atoms with van der Waals surface area (Å²) in [5.41, 5.74) is 6.49. The van der Waals surface area contributed by atoms with E-state index in [-0.39, 0.29) is 23.8 Å². The lowest BCUT2D eigenvalue weighted by Gasteiger charge is -2.22. The molecule has 3 N–H and O–H groups in total. The summed E-state index contributed by atoms with van der Waals surface area (Å²) in [6, 6.07) is 3.17. The highest BCUT2D eigenvalue weighted by Gasteiger charge is 2.19. The molecule has 112 valence electrons. The van der Waals surface area contributed by atoms with Crippen LogP contribution in [0.5, 0.6) is 0 Å². The fourth-order valence-corrected chi connectivity index (χ4v) is 3.25. The number of carbonyl (C=O) groups is 1. The number of hydrogen-bond donors (Lipinski definition) is 2. The fraction of sp³-hybridized carbons (Fsp3) is 0.500. The highest BCUT2D eigenvalue weighted by Crippen LogP contribution is 2.34. The largest absolute Gasteiger partial charge is 0.327 e. The van der Waals surface area contributed by atoms with Crippen molar-refractivity contribution in [1.29, 1.82) is 0 Å². The third-order valence-corrected chi connectivity index (χ3v) is 3.65. The van der Waals surface area contributed by atoms with Crippen LogP contribution in [0.1, 0.15) is 33.6 Å². The summed E-state index contributed by atoms with van der Waals surface area (Å²) in [5, 5.41) is 3.50. The monoisotopic (exact) mass is 380 g/mol. The Morgan fingerprint density at radius 1 is 1.35 bits per heavy atom. The Labute approximate surface area is 138 Å². The lowest BCUT2D eigenvalue weighted by Crippen LogP contribution is -2.31.